The Balaban J connectivity index is 1.64. The van der Waals surface area contributed by atoms with Crippen molar-refractivity contribution in [3.05, 3.63) is 77.8 Å². The Bertz CT molecular complexity index is 1370. The van der Waals surface area contributed by atoms with Crippen LogP contribution in [0.1, 0.15) is 16.7 Å². The normalized spacial score (nSPS) is 16.9. The van der Waals surface area contributed by atoms with Gasteiger partial charge in [-0.25, -0.2) is 4.99 Å². The van der Waals surface area contributed by atoms with E-state index in [1.54, 1.807) is 22.8 Å². The van der Waals surface area contributed by atoms with Crippen LogP contribution in [0.2, 0.25) is 5.02 Å². The van der Waals surface area contributed by atoms with E-state index in [2.05, 4.69) is 36.3 Å². The van der Waals surface area contributed by atoms with Crippen molar-refractivity contribution in [1.82, 2.24) is 4.57 Å². The monoisotopic (exact) mass is 424 g/mol. The summed E-state index contributed by atoms with van der Waals surface area (Å²) < 4.78 is 2.02. The number of nitrogens with one attached hydrogen (secondary N) is 1. The van der Waals surface area contributed by atoms with Gasteiger partial charge in [-0.05, 0) is 55.3 Å². The topological polar surface area (TPSA) is 66.7 Å². The number of nitrogens with zero attached hydrogens (tertiary/aromatic N) is 3. The number of thiazole rings is 1. The quantitative estimate of drug-likeness (QED) is 0.652. The summed E-state index contributed by atoms with van der Waals surface area (Å²) in [5.74, 6) is -0.287. The molecule has 29 heavy (non-hydrogen) atoms. The van der Waals surface area contributed by atoms with E-state index in [1.807, 2.05) is 11.0 Å². The third kappa shape index (κ3) is 2.89. The Morgan fingerprint density at radius 1 is 1.10 bits per heavy atom. The molecule has 0 spiro atoms. The Hall–Kier alpha value is -2.90. The second-order valence-electron chi connectivity index (χ2n) is 7.22. The summed E-state index contributed by atoms with van der Waals surface area (Å²) in [6.07, 6.45) is 0. The number of anilines is 2. The molecule has 6 nitrogen and oxygen atoms in total. The largest absolute Gasteiger partial charge is 0.334 e. The average Bonchev–Trinajstić information content (AvgIpc) is 3.19. The number of carbonyl (C=O) groups excluding carboxylic acids is 1. The van der Waals surface area contributed by atoms with Gasteiger partial charge >= 0.3 is 0 Å². The summed E-state index contributed by atoms with van der Waals surface area (Å²) >= 11 is 7.37. The van der Waals surface area contributed by atoms with Crippen molar-refractivity contribution in [3.8, 4) is 0 Å². The average molecular weight is 425 g/mol. The Kier molecular flexibility index (Phi) is 4.11. The number of carbonyl (C=O) groups is 1. The van der Waals surface area contributed by atoms with Gasteiger partial charge in [0.05, 0.1) is 5.57 Å². The second-order valence-corrected chi connectivity index (χ2v) is 8.63. The van der Waals surface area contributed by atoms with E-state index in [-0.39, 0.29) is 11.5 Å². The highest BCUT2D eigenvalue weighted by Crippen LogP contribution is 2.32. The molecule has 3 heterocycles. The molecule has 5 rings (SSSR count). The minimum atomic E-state index is -0.287. The summed E-state index contributed by atoms with van der Waals surface area (Å²) in [6, 6.07) is 11.4. The first-order valence-corrected chi connectivity index (χ1v) is 10.3. The molecule has 2 aliphatic rings. The lowest BCUT2D eigenvalue weighted by Gasteiger charge is -2.26. The van der Waals surface area contributed by atoms with Crippen LogP contribution in [-0.2, 0) is 11.5 Å². The first kappa shape index (κ1) is 18.1. The van der Waals surface area contributed by atoms with E-state index in [4.69, 9.17) is 11.6 Å². The van der Waals surface area contributed by atoms with E-state index in [0.29, 0.717) is 44.5 Å². The lowest BCUT2D eigenvalue weighted by atomic mass is 10.1. The molecular formula is C21H17ClN4O2S. The van der Waals surface area contributed by atoms with Gasteiger partial charge in [-0.3, -0.25) is 14.2 Å². The summed E-state index contributed by atoms with van der Waals surface area (Å²) in [5.41, 5.74) is 4.92. The van der Waals surface area contributed by atoms with Gasteiger partial charge in [0.1, 0.15) is 17.9 Å². The fraction of sp³-hybridized carbons (Fsp3) is 0.190. The molecule has 0 saturated carbocycles. The number of amides is 1. The van der Waals surface area contributed by atoms with Gasteiger partial charge in [0, 0.05) is 22.0 Å². The summed E-state index contributed by atoms with van der Waals surface area (Å²) in [6.45, 7) is 5.00. The fourth-order valence-electron chi connectivity index (χ4n) is 3.61. The molecule has 1 amide bonds. The first-order chi connectivity index (χ1) is 13.9. The van der Waals surface area contributed by atoms with Crippen LogP contribution in [0.15, 0.2) is 46.2 Å². The van der Waals surface area contributed by atoms with Gasteiger partial charge in [0.25, 0.3) is 11.5 Å². The molecule has 2 aromatic carbocycles. The molecule has 1 N–H and O–H groups in total. The van der Waals surface area contributed by atoms with Gasteiger partial charge in [-0.2, -0.15) is 0 Å². The minimum Gasteiger partial charge on any atom is -0.334 e. The molecule has 0 aliphatic carbocycles. The predicted molar refractivity (Wildman–Crippen MR) is 115 cm³/mol. The molecule has 8 heteroatoms. The zero-order valence-corrected chi connectivity index (χ0v) is 17.4. The van der Waals surface area contributed by atoms with Gasteiger partial charge in [-0.1, -0.05) is 29.0 Å². The Labute approximate surface area is 175 Å². The fourth-order valence-corrected chi connectivity index (χ4v) is 4.84. The molecule has 0 atom stereocenters. The third-order valence-corrected chi connectivity index (χ3v) is 6.71. The van der Waals surface area contributed by atoms with Crippen molar-refractivity contribution in [2.75, 3.05) is 16.9 Å². The molecular weight excluding hydrogens is 408 g/mol. The van der Waals surface area contributed by atoms with Gasteiger partial charge in [0.15, 0.2) is 4.80 Å². The highest BCUT2D eigenvalue weighted by molar-refractivity contribution is 7.07. The number of rotatable bonds is 1. The van der Waals surface area contributed by atoms with E-state index >= 15 is 0 Å². The van der Waals surface area contributed by atoms with Crippen molar-refractivity contribution in [1.29, 1.82) is 0 Å². The lowest BCUT2D eigenvalue weighted by molar-refractivity contribution is -0.110. The molecule has 0 saturated heterocycles. The summed E-state index contributed by atoms with van der Waals surface area (Å²) in [7, 11) is 0. The van der Waals surface area contributed by atoms with Crippen LogP contribution in [0.5, 0.6) is 0 Å². The summed E-state index contributed by atoms with van der Waals surface area (Å²) in [4.78, 5) is 33.0. The molecule has 0 fully saturated rings. The molecule has 3 aromatic rings. The maximum Gasteiger partial charge on any atom is 0.272 e. The number of hydrogen-bond donors (Lipinski definition) is 1. The van der Waals surface area contributed by atoms with Gasteiger partial charge in [-0.15, -0.1) is 0 Å². The van der Waals surface area contributed by atoms with E-state index in [9.17, 15) is 9.59 Å². The highest BCUT2D eigenvalue weighted by Gasteiger charge is 2.28. The Morgan fingerprint density at radius 2 is 1.93 bits per heavy atom. The maximum absolute atomic E-state index is 13.2. The lowest BCUT2D eigenvalue weighted by Crippen LogP contribution is -2.43. The Morgan fingerprint density at radius 3 is 2.72 bits per heavy atom. The maximum atomic E-state index is 13.2. The highest BCUT2D eigenvalue weighted by atomic mass is 35.5. The molecule has 0 unspecified atom stereocenters. The molecule has 0 bridgehead atoms. The van der Waals surface area contributed by atoms with Crippen molar-refractivity contribution in [2.45, 2.75) is 20.5 Å². The molecule has 0 radical (unpaired) electrons. The molecule has 1 aromatic heterocycles. The zero-order chi connectivity index (χ0) is 20.3. The van der Waals surface area contributed by atoms with Crippen LogP contribution in [0.4, 0.5) is 11.4 Å². The standard InChI is InChI=1S/C21H17ClN4O2S/c1-11-3-5-14(7-12(11)2)25-9-23-21-26(10-25)20(28)18(29-21)17-15-8-13(22)4-6-16(15)24-19(17)27/h3-8H,9-10H2,1-2H3,(H,24,27). The number of aryl methyl sites for hydroxylation is 2. The van der Waals surface area contributed by atoms with Crippen molar-refractivity contribution in [2.24, 2.45) is 4.99 Å². The van der Waals surface area contributed by atoms with Gasteiger partial charge in [0.2, 0.25) is 0 Å². The summed E-state index contributed by atoms with van der Waals surface area (Å²) in [5, 5.41) is 3.33. The number of halogens is 1. The van der Waals surface area contributed by atoms with Crippen molar-refractivity contribution >= 4 is 45.8 Å². The first-order valence-electron chi connectivity index (χ1n) is 9.14. The van der Waals surface area contributed by atoms with E-state index in [1.165, 1.54) is 22.5 Å². The smallest absolute Gasteiger partial charge is 0.272 e. The van der Waals surface area contributed by atoms with Crippen LogP contribution >= 0.6 is 22.9 Å². The van der Waals surface area contributed by atoms with Crippen molar-refractivity contribution in [3.63, 3.8) is 0 Å². The molecule has 2 aliphatic heterocycles. The van der Waals surface area contributed by atoms with Crippen LogP contribution in [0.3, 0.4) is 0 Å². The van der Waals surface area contributed by atoms with Crippen LogP contribution in [0.25, 0.3) is 5.57 Å². The predicted octanol–water partition coefficient (Wildman–Crippen LogP) is 2.39. The SMILES string of the molecule is Cc1ccc(N2CN=c3sc(=C4C(=O)Nc5ccc(Cl)cc54)c(=O)n3C2)cc1C. The van der Waals surface area contributed by atoms with E-state index in [0.717, 1.165) is 5.69 Å². The third-order valence-electron chi connectivity index (χ3n) is 5.36. The number of fused-ring (bicyclic) bond motifs is 2. The van der Waals surface area contributed by atoms with Crippen LogP contribution in [-0.4, -0.2) is 17.1 Å². The number of benzene rings is 2. The number of aromatic nitrogens is 1. The van der Waals surface area contributed by atoms with Crippen LogP contribution in [0, 0.1) is 13.8 Å². The minimum absolute atomic E-state index is 0.208. The second kappa shape index (κ2) is 6.57. The van der Waals surface area contributed by atoms with Gasteiger partial charge < -0.3 is 10.2 Å². The number of hydrogen-bond acceptors (Lipinski definition) is 5. The molecule has 146 valence electrons. The zero-order valence-electron chi connectivity index (χ0n) is 15.8. The van der Waals surface area contributed by atoms with Crippen LogP contribution < -0.4 is 25.1 Å². The van der Waals surface area contributed by atoms with E-state index < -0.39 is 0 Å². The van der Waals surface area contributed by atoms with Crippen molar-refractivity contribution < 1.29 is 4.79 Å².